The number of hydrogen-bond donors (Lipinski definition) is 1. The molecule has 0 aliphatic heterocycles. The van der Waals surface area contributed by atoms with Crippen molar-refractivity contribution in [1.29, 1.82) is 0 Å². The normalized spacial score (nSPS) is 10.3. The minimum absolute atomic E-state index is 0.728. The zero-order valence-electron chi connectivity index (χ0n) is 12.3. The highest BCUT2D eigenvalue weighted by molar-refractivity contribution is 5.48. The fourth-order valence-corrected chi connectivity index (χ4v) is 1.92. The molecule has 2 aromatic heterocycles. The van der Waals surface area contributed by atoms with Crippen LogP contribution in [0, 0.1) is 6.92 Å². The van der Waals surface area contributed by atoms with E-state index in [1.165, 1.54) is 0 Å². The van der Waals surface area contributed by atoms with E-state index in [-0.39, 0.29) is 0 Å². The summed E-state index contributed by atoms with van der Waals surface area (Å²) in [5, 5.41) is 3.27. The van der Waals surface area contributed by atoms with Crippen molar-refractivity contribution in [1.82, 2.24) is 15.0 Å². The molecule has 0 aromatic carbocycles. The van der Waals surface area contributed by atoms with Crippen molar-refractivity contribution in [2.75, 3.05) is 23.8 Å². The van der Waals surface area contributed by atoms with Crippen molar-refractivity contribution < 1.29 is 0 Å². The van der Waals surface area contributed by atoms with Gasteiger partial charge in [0, 0.05) is 25.4 Å². The van der Waals surface area contributed by atoms with Crippen LogP contribution in [0.1, 0.15) is 24.7 Å². The van der Waals surface area contributed by atoms with Crippen molar-refractivity contribution in [3.63, 3.8) is 0 Å². The molecule has 0 fully saturated rings. The number of pyridine rings is 1. The Hall–Kier alpha value is -2.17. The van der Waals surface area contributed by atoms with Gasteiger partial charge >= 0.3 is 0 Å². The summed E-state index contributed by atoms with van der Waals surface area (Å²) in [6.07, 6.45) is 2.66. The van der Waals surface area contributed by atoms with Crippen LogP contribution in [-0.4, -0.2) is 28.5 Å². The van der Waals surface area contributed by atoms with E-state index < -0.39 is 0 Å². The van der Waals surface area contributed by atoms with Gasteiger partial charge in [0.2, 0.25) is 0 Å². The Balaban J connectivity index is 2.06. The molecule has 20 heavy (non-hydrogen) atoms. The lowest BCUT2D eigenvalue weighted by atomic mass is 10.3. The average Bonchev–Trinajstić information content (AvgIpc) is 2.45. The quantitative estimate of drug-likeness (QED) is 0.875. The second-order valence-electron chi connectivity index (χ2n) is 4.81. The largest absolute Gasteiger partial charge is 0.370 e. The number of aryl methyl sites for hydroxylation is 1. The first kappa shape index (κ1) is 14.2. The van der Waals surface area contributed by atoms with Crippen LogP contribution in [0.15, 0.2) is 30.6 Å². The van der Waals surface area contributed by atoms with Crippen LogP contribution >= 0.6 is 0 Å². The van der Waals surface area contributed by atoms with Gasteiger partial charge < -0.3 is 10.2 Å². The summed E-state index contributed by atoms with van der Waals surface area (Å²) in [6.45, 7) is 5.77. The Morgan fingerprint density at radius 2 is 2.10 bits per heavy atom. The topological polar surface area (TPSA) is 53.9 Å². The van der Waals surface area contributed by atoms with Crippen molar-refractivity contribution in [3.05, 3.63) is 42.0 Å². The molecule has 2 rings (SSSR count). The number of rotatable bonds is 6. The molecule has 2 aromatic rings. The van der Waals surface area contributed by atoms with Crippen LogP contribution < -0.4 is 10.2 Å². The highest BCUT2D eigenvalue weighted by Crippen LogP contribution is 2.14. The van der Waals surface area contributed by atoms with E-state index in [1.807, 2.05) is 38.2 Å². The van der Waals surface area contributed by atoms with Gasteiger partial charge in [0.25, 0.3) is 0 Å². The number of nitrogens with zero attached hydrogens (tertiary/aromatic N) is 4. The van der Waals surface area contributed by atoms with Crippen molar-refractivity contribution in [2.45, 2.75) is 26.8 Å². The maximum Gasteiger partial charge on any atom is 0.134 e. The van der Waals surface area contributed by atoms with E-state index >= 15 is 0 Å². The number of hydrogen-bond acceptors (Lipinski definition) is 5. The molecule has 0 amide bonds. The maximum atomic E-state index is 4.51. The lowest BCUT2D eigenvalue weighted by molar-refractivity contribution is 0.853. The fourth-order valence-electron chi connectivity index (χ4n) is 1.92. The van der Waals surface area contributed by atoms with Gasteiger partial charge in [0.05, 0.1) is 12.2 Å². The molecule has 5 heteroatoms. The van der Waals surface area contributed by atoms with Gasteiger partial charge in [-0.15, -0.1) is 0 Å². The molecule has 1 N–H and O–H groups in total. The molecule has 0 saturated carbocycles. The molecule has 0 radical (unpaired) electrons. The van der Waals surface area contributed by atoms with Crippen molar-refractivity contribution >= 4 is 11.6 Å². The van der Waals surface area contributed by atoms with E-state index in [0.29, 0.717) is 0 Å². The molecule has 2 heterocycles. The van der Waals surface area contributed by atoms with Crippen LogP contribution in [0.25, 0.3) is 0 Å². The molecule has 5 nitrogen and oxygen atoms in total. The number of nitrogens with one attached hydrogen (secondary N) is 1. The molecule has 0 atom stereocenters. The summed E-state index contributed by atoms with van der Waals surface area (Å²) in [5.41, 5.74) is 2.07. The lowest BCUT2D eigenvalue weighted by Gasteiger charge is -2.18. The third-order valence-corrected chi connectivity index (χ3v) is 2.95. The molecule has 0 unspecified atom stereocenters. The summed E-state index contributed by atoms with van der Waals surface area (Å²) >= 11 is 0. The first-order valence-corrected chi connectivity index (χ1v) is 6.88. The van der Waals surface area contributed by atoms with Gasteiger partial charge in [0.1, 0.15) is 18.0 Å². The van der Waals surface area contributed by atoms with E-state index in [0.717, 1.165) is 42.5 Å². The number of aromatic nitrogens is 3. The smallest absolute Gasteiger partial charge is 0.134 e. The highest BCUT2D eigenvalue weighted by Gasteiger charge is 2.06. The second kappa shape index (κ2) is 6.84. The van der Waals surface area contributed by atoms with E-state index in [9.17, 15) is 0 Å². The first-order valence-electron chi connectivity index (χ1n) is 6.88. The van der Waals surface area contributed by atoms with Crippen LogP contribution in [0.3, 0.4) is 0 Å². The van der Waals surface area contributed by atoms with E-state index in [4.69, 9.17) is 0 Å². The van der Waals surface area contributed by atoms with Crippen LogP contribution in [0.2, 0.25) is 0 Å². The summed E-state index contributed by atoms with van der Waals surface area (Å²) in [4.78, 5) is 15.1. The Morgan fingerprint density at radius 3 is 2.85 bits per heavy atom. The minimum Gasteiger partial charge on any atom is -0.370 e. The summed E-state index contributed by atoms with van der Waals surface area (Å²) < 4.78 is 0. The van der Waals surface area contributed by atoms with Gasteiger partial charge in [-0.05, 0) is 25.5 Å². The SMILES string of the molecule is CCCNc1cc(N(C)Cc2cccc(C)n2)ncn1. The number of anilines is 2. The standard InChI is InChI=1S/C15H21N5/c1-4-8-16-14-9-15(18-11-17-14)20(3)10-13-7-5-6-12(2)19-13/h5-7,9,11H,4,8,10H2,1-3H3,(H,16,17,18). The highest BCUT2D eigenvalue weighted by atomic mass is 15.2. The van der Waals surface area contributed by atoms with E-state index in [1.54, 1.807) is 6.33 Å². The van der Waals surface area contributed by atoms with Gasteiger partial charge in [0.15, 0.2) is 0 Å². The minimum atomic E-state index is 0.728. The summed E-state index contributed by atoms with van der Waals surface area (Å²) in [6, 6.07) is 8.02. The van der Waals surface area contributed by atoms with Crippen molar-refractivity contribution in [2.24, 2.45) is 0 Å². The van der Waals surface area contributed by atoms with Gasteiger partial charge in [-0.1, -0.05) is 13.0 Å². The van der Waals surface area contributed by atoms with Gasteiger partial charge in [-0.25, -0.2) is 9.97 Å². The molecule has 0 aliphatic carbocycles. The molecule has 106 valence electrons. The molecular formula is C15H21N5. The van der Waals surface area contributed by atoms with Gasteiger partial charge in [-0.2, -0.15) is 0 Å². The lowest BCUT2D eigenvalue weighted by Crippen LogP contribution is -2.19. The third kappa shape index (κ3) is 3.91. The summed E-state index contributed by atoms with van der Waals surface area (Å²) in [5.74, 6) is 1.75. The zero-order valence-corrected chi connectivity index (χ0v) is 12.3. The predicted molar refractivity (Wildman–Crippen MR) is 81.9 cm³/mol. The molecule has 0 spiro atoms. The van der Waals surface area contributed by atoms with Crippen molar-refractivity contribution in [3.8, 4) is 0 Å². The van der Waals surface area contributed by atoms with Crippen LogP contribution in [-0.2, 0) is 6.54 Å². The maximum absolute atomic E-state index is 4.51. The van der Waals surface area contributed by atoms with Crippen LogP contribution in [0.4, 0.5) is 11.6 Å². The predicted octanol–water partition coefficient (Wildman–Crippen LogP) is 2.64. The molecular weight excluding hydrogens is 250 g/mol. The summed E-state index contributed by atoms with van der Waals surface area (Å²) in [7, 11) is 2.01. The zero-order chi connectivity index (χ0) is 14.4. The Morgan fingerprint density at radius 1 is 1.25 bits per heavy atom. The fraction of sp³-hybridized carbons (Fsp3) is 0.400. The average molecular weight is 271 g/mol. The van der Waals surface area contributed by atoms with E-state index in [2.05, 4.69) is 32.1 Å². The Bertz CT molecular complexity index is 555. The molecule has 0 bridgehead atoms. The monoisotopic (exact) mass is 271 g/mol. The Kier molecular flexibility index (Phi) is 4.87. The molecule has 0 saturated heterocycles. The van der Waals surface area contributed by atoms with Crippen LogP contribution in [0.5, 0.6) is 0 Å². The third-order valence-electron chi connectivity index (χ3n) is 2.95. The van der Waals surface area contributed by atoms with Gasteiger partial charge in [-0.3, -0.25) is 4.98 Å². The first-order chi connectivity index (χ1) is 9.69. The Labute approximate surface area is 120 Å². The molecule has 0 aliphatic rings. The second-order valence-corrected chi connectivity index (χ2v) is 4.81.